The van der Waals surface area contributed by atoms with Gasteiger partial charge in [0.2, 0.25) is 5.90 Å². The van der Waals surface area contributed by atoms with Crippen molar-refractivity contribution in [3.63, 3.8) is 0 Å². The zero-order valence-electron chi connectivity index (χ0n) is 20.4. The topological polar surface area (TPSA) is 125 Å². The van der Waals surface area contributed by atoms with Gasteiger partial charge >= 0.3 is 12.2 Å². The molecule has 38 heavy (non-hydrogen) atoms. The van der Waals surface area contributed by atoms with Gasteiger partial charge in [-0.3, -0.25) is 15.3 Å². The van der Waals surface area contributed by atoms with Crippen LogP contribution in [0.25, 0.3) is 21.7 Å². The quantitative estimate of drug-likeness (QED) is 0.232. The molecule has 0 saturated carbocycles. The van der Waals surface area contributed by atoms with Crippen molar-refractivity contribution in [1.29, 1.82) is 0 Å². The molecule has 0 radical (unpaired) electrons. The molecule has 0 aromatic carbocycles. The number of thiazole rings is 1. The number of carbonyl (C=O) groups excluding carboxylic acids is 1. The van der Waals surface area contributed by atoms with Gasteiger partial charge in [-0.2, -0.15) is 13.2 Å². The maximum atomic E-state index is 13.3. The predicted octanol–water partition coefficient (Wildman–Crippen LogP) is 3.97. The Bertz CT molecular complexity index is 1370. The smallest absolute Gasteiger partial charge is 0.423 e. The van der Waals surface area contributed by atoms with Gasteiger partial charge in [-0.25, -0.2) is 14.8 Å². The number of aliphatic imine (C=N–C) groups is 1. The van der Waals surface area contributed by atoms with E-state index in [4.69, 9.17) is 4.74 Å². The largest absolute Gasteiger partial charge is 0.434 e. The van der Waals surface area contributed by atoms with Crippen LogP contribution in [0.5, 0.6) is 0 Å². The van der Waals surface area contributed by atoms with E-state index < -0.39 is 24.0 Å². The summed E-state index contributed by atoms with van der Waals surface area (Å²) < 4.78 is 45.6. The maximum Gasteiger partial charge on any atom is 0.434 e. The Labute approximate surface area is 219 Å². The van der Waals surface area contributed by atoms with Crippen LogP contribution in [-0.2, 0) is 10.9 Å². The van der Waals surface area contributed by atoms with E-state index in [1.807, 2.05) is 0 Å². The van der Waals surface area contributed by atoms with Gasteiger partial charge in [0.1, 0.15) is 10.8 Å². The molecular formula is C24H24F3N7O3S. The number of nitrogens with one attached hydrogen (secondary N) is 2. The van der Waals surface area contributed by atoms with Gasteiger partial charge in [-0.05, 0) is 25.6 Å². The lowest BCUT2D eigenvalue weighted by Gasteiger charge is -2.37. The summed E-state index contributed by atoms with van der Waals surface area (Å²) in [5, 5.41) is 15.7. The summed E-state index contributed by atoms with van der Waals surface area (Å²) in [5.41, 5.74) is 0.727. The average Bonchev–Trinajstić information content (AvgIpc) is 3.36. The molecule has 4 heterocycles. The Kier molecular flexibility index (Phi) is 7.92. The van der Waals surface area contributed by atoms with Crippen LogP contribution >= 0.6 is 11.3 Å². The lowest BCUT2D eigenvalue weighted by atomic mass is 10.0. The number of rotatable bonds is 7. The molecule has 0 unspecified atom stereocenters. The third kappa shape index (κ3) is 6.08. The molecule has 1 aliphatic rings. The number of anilines is 1. The zero-order chi connectivity index (χ0) is 27.4. The summed E-state index contributed by atoms with van der Waals surface area (Å²) in [7, 11) is 1.53. The Morgan fingerprint density at radius 1 is 1.29 bits per heavy atom. The van der Waals surface area contributed by atoms with Crippen LogP contribution in [0.15, 0.2) is 53.6 Å². The summed E-state index contributed by atoms with van der Waals surface area (Å²) in [5.74, 6) is 0.657. The first-order chi connectivity index (χ1) is 18.1. The lowest BCUT2D eigenvalue weighted by Crippen LogP contribution is -2.50. The van der Waals surface area contributed by atoms with E-state index in [2.05, 4.69) is 37.2 Å². The summed E-state index contributed by atoms with van der Waals surface area (Å²) in [4.78, 5) is 30.2. The highest BCUT2D eigenvalue weighted by molar-refractivity contribution is 7.13. The number of amides is 2. The summed E-state index contributed by atoms with van der Waals surface area (Å²) in [6, 6.07) is 2.65. The van der Waals surface area contributed by atoms with E-state index in [1.165, 1.54) is 31.7 Å². The minimum absolute atomic E-state index is 0.0874. The second kappa shape index (κ2) is 11.1. The molecule has 0 atom stereocenters. The minimum Gasteiger partial charge on any atom is -0.423 e. The third-order valence-corrected chi connectivity index (χ3v) is 6.31. The van der Waals surface area contributed by atoms with Crippen LogP contribution in [0, 0.1) is 0 Å². The normalized spacial score (nSPS) is 14.2. The standard InChI is InChI=1S/C24H24F3N7O3S/c1-4-30-23(36)33-20-6-17(22-32-19(12-38-22)24(25,26)27)18(9-31-20)14-5-15(8-29-7-14)21(28-3)37-13(2)34-10-16(35)11-34/h5-9,12,16,35H,2,4,10-11H2,1,3H3,(H2,30,31,33,36)/b28-21-. The number of hydrogen-bond donors (Lipinski definition) is 3. The molecule has 2 amide bonds. The van der Waals surface area contributed by atoms with Crippen molar-refractivity contribution in [2.24, 2.45) is 4.99 Å². The van der Waals surface area contributed by atoms with Crippen molar-refractivity contribution in [3.8, 4) is 21.7 Å². The number of aliphatic hydroxyl groups is 1. The first kappa shape index (κ1) is 27.0. The second-order valence-corrected chi connectivity index (χ2v) is 9.04. The van der Waals surface area contributed by atoms with E-state index in [-0.39, 0.29) is 16.7 Å². The molecule has 10 nitrogen and oxygen atoms in total. The number of aliphatic hydroxyl groups excluding tert-OH is 1. The molecule has 14 heteroatoms. The number of alkyl halides is 3. The van der Waals surface area contributed by atoms with E-state index in [0.717, 1.165) is 16.7 Å². The number of urea groups is 1. The molecular weight excluding hydrogens is 523 g/mol. The van der Waals surface area contributed by atoms with E-state index in [0.29, 0.717) is 47.8 Å². The van der Waals surface area contributed by atoms with Crippen molar-refractivity contribution in [1.82, 2.24) is 25.2 Å². The minimum atomic E-state index is -4.61. The molecule has 0 aliphatic carbocycles. The third-order valence-electron chi connectivity index (χ3n) is 5.44. The molecule has 3 N–H and O–H groups in total. The van der Waals surface area contributed by atoms with Gasteiger partial charge in [0.25, 0.3) is 0 Å². The highest BCUT2D eigenvalue weighted by atomic mass is 32.1. The molecule has 3 aromatic rings. The maximum absolute atomic E-state index is 13.3. The second-order valence-electron chi connectivity index (χ2n) is 8.18. The van der Waals surface area contributed by atoms with E-state index in [9.17, 15) is 23.1 Å². The van der Waals surface area contributed by atoms with Gasteiger partial charge in [-0.1, -0.05) is 0 Å². The highest BCUT2D eigenvalue weighted by Gasteiger charge is 2.34. The number of pyridine rings is 2. The fourth-order valence-electron chi connectivity index (χ4n) is 3.55. The number of carbonyl (C=O) groups is 1. The van der Waals surface area contributed by atoms with Crippen molar-refractivity contribution in [3.05, 3.63) is 59.8 Å². The van der Waals surface area contributed by atoms with Gasteiger partial charge in [0, 0.05) is 67.3 Å². The molecule has 200 valence electrons. The SMILES string of the molecule is C=C(O/C(=N\C)c1cncc(-c2cnc(NC(=O)NCC)cc2-c2nc(C(F)(F)F)cs2)c1)N1CC(O)C1. The van der Waals surface area contributed by atoms with Gasteiger partial charge in [0.15, 0.2) is 11.6 Å². The van der Waals surface area contributed by atoms with Crippen molar-refractivity contribution < 1.29 is 27.8 Å². The molecule has 0 bridgehead atoms. The number of halogens is 3. The first-order valence-corrected chi connectivity index (χ1v) is 12.3. The molecule has 3 aromatic heterocycles. The highest BCUT2D eigenvalue weighted by Crippen LogP contribution is 2.38. The molecule has 1 fully saturated rings. The lowest BCUT2D eigenvalue weighted by molar-refractivity contribution is -0.140. The Morgan fingerprint density at radius 2 is 2.05 bits per heavy atom. The number of hydrogen-bond acceptors (Lipinski definition) is 9. The number of nitrogens with zero attached hydrogens (tertiary/aromatic N) is 5. The Hall–Kier alpha value is -4.04. The Morgan fingerprint density at radius 3 is 2.68 bits per heavy atom. The molecule has 1 aliphatic heterocycles. The van der Waals surface area contributed by atoms with Crippen LogP contribution < -0.4 is 10.6 Å². The number of likely N-dealkylation sites (tertiary alicyclic amines) is 1. The van der Waals surface area contributed by atoms with E-state index in [1.54, 1.807) is 17.9 Å². The van der Waals surface area contributed by atoms with Crippen LogP contribution in [0.1, 0.15) is 18.2 Å². The number of aromatic nitrogens is 3. The molecule has 0 spiro atoms. The monoisotopic (exact) mass is 547 g/mol. The fourth-order valence-corrected chi connectivity index (χ4v) is 4.41. The summed E-state index contributed by atoms with van der Waals surface area (Å²) in [6.07, 6.45) is -0.580. The Balaban J connectivity index is 1.70. The summed E-state index contributed by atoms with van der Waals surface area (Å²) >= 11 is 0.818. The summed E-state index contributed by atoms with van der Waals surface area (Å²) in [6.45, 7) is 6.79. The van der Waals surface area contributed by atoms with Crippen LogP contribution in [-0.4, -0.2) is 69.7 Å². The fraction of sp³-hybridized carbons (Fsp3) is 0.292. The van der Waals surface area contributed by atoms with Gasteiger partial charge < -0.3 is 20.1 Å². The van der Waals surface area contributed by atoms with Gasteiger partial charge in [0.05, 0.1) is 11.7 Å². The van der Waals surface area contributed by atoms with E-state index >= 15 is 0 Å². The van der Waals surface area contributed by atoms with Crippen molar-refractivity contribution in [2.45, 2.75) is 19.2 Å². The van der Waals surface area contributed by atoms with Crippen LogP contribution in [0.4, 0.5) is 23.8 Å². The number of ether oxygens (including phenoxy) is 1. The zero-order valence-corrected chi connectivity index (χ0v) is 21.2. The molecule has 1 saturated heterocycles. The first-order valence-electron chi connectivity index (χ1n) is 11.4. The van der Waals surface area contributed by atoms with Crippen molar-refractivity contribution >= 4 is 29.1 Å². The van der Waals surface area contributed by atoms with Crippen LogP contribution in [0.3, 0.4) is 0 Å². The predicted molar refractivity (Wildman–Crippen MR) is 137 cm³/mol. The van der Waals surface area contributed by atoms with Gasteiger partial charge in [-0.15, -0.1) is 11.3 Å². The van der Waals surface area contributed by atoms with Crippen molar-refractivity contribution in [2.75, 3.05) is 32.0 Å². The molecule has 4 rings (SSSR count). The number of β-amino-alcohol motifs (C(OH)–C–C–N with tert-alkyl or cyclic N) is 1. The van der Waals surface area contributed by atoms with Crippen LogP contribution in [0.2, 0.25) is 0 Å². The average molecular weight is 548 g/mol.